The van der Waals surface area contributed by atoms with Crippen LogP contribution < -0.4 is 5.14 Å². The Hall–Kier alpha value is -1.40. The number of carbonyl (C=O) groups excluding carboxylic acids is 1. The van der Waals surface area contributed by atoms with Gasteiger partial charge in [-0.2, -0.15) is 0 Å². The molecule has 1 fully saturated rings. The van der Waals surface area contributed by atoms with Gasteiger partial charge in [-0.1, -0.05) is 6.07 Å². The van der Waals surface area contributed by atoms with Crippen LogP contribution in [0.1, 0.15) is 34.3 Å². The van der Waals surface area contributed by atoms with Gasteiger partial charge in [-0.15, -0.1) is 0 Å². The Morgan fingerprint density at radius 1 is 1.30 bits per heavy atom. The van der Waals surface area contributed by atoms with Gasteiger partial charge in [-0.05, 0) is 49.8 Å². The first-order valence-electron chi connectivity index (χ1n) is 6.59. The molecule has 0 aliphatic heterocycles. The van der Waals surface area contributed by atoms with Crippen LogP contribution >= 0.6 is 0 Å². The van der Waals surface area contributed by atoms with Crippen LogP contribution in [0.15, 0.2) is 17.0 Å². The molecule has 5 nitrogen and oxygen atoms in total. The predicted octanol–water partition coefficient (Wildman–Crippen LogP) is 1.43. The zero-order chi connectivity index (χ0) is 15.1. The van der Waals surface area contributed by atoms with Crippen LogP contribution in [-0.2, 0) is 10.0 Å². The number of rotatable bonds is 4. The van der Waals surface area contributed by atoms with E-state index in [1.165, 1.54) is 6.07 Å². The minimum atomic E-state index is -3.81. The largest absolute Gasteiger partial charge is 0.341 e. The maximum absolute atomic E-state index is 12.4. The van der Waals surface area contributed by atoms with Gasteiger partial charge < -0.3 is 4.90 Å². The van der Waals surface area contributed by atoms with Crippen molar-refractivity contribution in [3.8, 4) is 0 Å². The number of carbonyl (C=O) groups is 1. The Morgan fingerprint density at radius 3 is 2.40 bits per heavy atom. The molecule has 1 aliphatic rings. The second-order valence-electron chi connectivity index (χ2n) is 5.61. The standard InChI is InChI=1S/C14H20N2O3S/c1-9-6-10(2)13(20(15,18)19)7-12(9)14(17)16(3)8-11-4-5-11/h6-7,11H,4-5,8H2,1-3H3,(H2,15,18,19). The van der Waals surface area contributed by atoms with Crippen molar-refractivity contribution >= 4 is 15.9 Å². The van der Waals surface area contributed by atoms with E-state index < -0.39 is 10.0 Å². The van der Waals surface area contributed by atoms with Gasteiger partial charge in [-0.3, -0.25) is 4.79 Å². The third-order valence-corrected chi connectivity index (χ3v) is 4.69. The molecule has 6 heteroatoms. The topological polar surface area (TPSA) is 80.5 Å². The highest BCUT2D eigenvalue weighted by atomic mass is 32.2. The molecule has 1 aromatic rings. The molecule has 2 N–H and O–H groups in total. The van der Waals surface area contributed by atoms with Gasteiger partial charge >= 0.3 is 0 Å². The van der Waals surface area contributed by atoms with E-state index in [0.29, 0.717) is 17.0 Å². The van der Waals surface area contributed by atoms with Crippen molar-refractivity contribution in [1.82, 2.24) is 4.90 Å². The Kier molecular flexibility index (Phi) is 3.88. The molecule has 110 valence electrons. The number of sulfonamides is 1. The predicted molar refractivity (Wildman–Crippen MR) is 77.0 cm³/mol. The molecule has 20 heavy (non-hydrogen) atoms. The fourth-order valence-electron chi connectivity index (χ4n) is 2.35. The van der Waals surface area contributed by atoms with Gasteiger partial charge in [0.15, 0.2) is 0 Å². The molecule has 0 heterocycles. The van der Waals surface area contributed by atoms with Crippen LogP contribution in [0.4, 0.5) is 0 Å². The van der Waals surface area contributed by atoms with Crippen molar-refractivity contribution in [3.05, 3.63) is 28.8 Å². The molecule has 1 saturated carbocycles. The fraction of sp³-hybridized carbons (Fsp3) is 0.500. The van der Waals surface area contributed by atoms with Crippen molar-refractivity contribution in [2.75, 3.05) is 13.6 Å². The molecule has 0 aromatic heterocycles. The molecule has 0 spiro atoms. The zero-order valence-electron chi connectivity index (χ0n) is 12.0. The van der Waals surface area contributed by atoms with E-state index >= 15 is 0 Å². The average molecular weight is 296 g/mol. The lowest BCUT2D eigenvalue weighted by Crippen LogP contribution is -2.29. The summed E-state index contributed by atoms with van der Waals surface area (Å²) in [6, 6.07) is 3.09. The van der Waals surface area contributed by atoms with Crippen molar-refractivity contribution in [2.45, 2.75) is 31.6 Å². The second-order valence-corrected chi connectivity index (χ2v) is 7.14. The number of aryl methyl sites for hydroxylation is 2. The normalized spacial score (nSPS) is 15.2. The summed E-state index contributed by atoms with van der Waals surface area (Å²) in [4.78, 5) is 14.1. The molecule has 0 bridgehead atoms. The van der Waals surface area contributed by atoms with E-state index in [-0.39, 0.29) is 10.8 Å². The fourth-order valence-corrected chi connectivity index (χ4v) is 3.14. The number of amides is 1. The van der Waals surface area contributed by atoms with Gasteiger partial charge in [0, 0.05) is 19.2 Å². The van der Waals surface area contributed by atoms with Crippen molar-refractivity contribution in [1.29, 1.82) is 0 Å². The summed E-state index contributed by atoms with van der Waals surface area (Å²) in [6.45, 7) is 4.20. The van der Waals surface area contributed by atoms with Crippen LogP contribution in [0.2, 0.25) is 0 Å². The Morgan fingerprint density at radius 2 is 1.90 bits per heavy atom. The molecule has 1 aliphatic carbocycles. The van der Waals surface area contributed by atoms with Gasteiger partial charge in [0.25, 0.3) is 5.91 Å². The summed E-state index contributed by atoms with van der Waals surface area (Å²) in [6.07, 6.45) is 2.32. The lowest BCUT2D eigenvalue weighted by molar-refractivity contribution is 0.0787. The van der Waals surface area contributed by atoms with E-state index in [1.807, 2.05) is 0 Å². The maximum atomic E-state index is 12.4. The number of hydrogen-bond donors (Lipinski definition) is 1. The number of nitrogens with two attached hydrogens (primary N) is 1. The first-order chi connectivity index (χ1) is 9.20. The first kappa shape index (κ1) is 15.0. The minimum absolute atomic E-state index is 0.0197. The van der Waals surface area contributed by atoms with E-state index in [9.17, 15) is 13.2 Å². The SMILES string of the molecule is Cc1cc(C)c(S(N)(=O)=O)cc1C(=O)N(C)CC1CC1. The Bertz CT molecular complexity index is 649. The lowest BCUT2D eigenvalue weighted by Gasteiger charge is -2.19. The third kappa shape index (κ3) is 3.19. The van der Waals surface area contributed by atoms with E-state index in [1.54, 1.807) is 31.9 Å². The molecular weight excluding hydrogens is 276 g/mol. The summed E-state index contributed by atoms with van der Waals surface area (Å²) < 4.78 is 23.1. The van der Waals surface area contributed by atoms with E-state index in [4.69, 9.17) is 5.14 Å². The second kappa shape index (κ2) is 5.18. The summed E-state index contributed by atoms with van der Waals surface area (Å²) in [7, 11) is -2.07. The summed E-state index contributed by atoms with van der Waals surface area (Å²) in [5.74, 6) is 0.437. The summed E-state index contributed by atoms with van der Waals surface area (Å²) >= 11 is 0. The zero-order valence-corrected chi connectivity index (χ0v) is 12.8. The highest BCUT2D eigenvalue weighted by molar-refractivity contribution is 7.89. The smallest absolute Gasteiger partial charge is 0.253 e. The van der Waals surface area contributed by atoms with E-state index in [2.05, 4.69) is 0 Å². The molecule has 0 atom stereocenters. The van der Waals surface area contributed by atoms with Crippen LogP contribution in [0.5, 0.6) is 0 Å². The molecule has 0 unspecified atom stereocenters. The Balaban J connectivity index is 2.37. The van der Waals surface area contributed by atoms with Gasteiger partial charge in [0.05, 0.1) is 4.90 Å². The van der Waals surface area contributed by atoms with Crippen LogP contribution in [0.25, 0.3) is 0 Å². The molecule has 0 saturated heterocycles. The van der Waals surface area contributed by atoms with E-state index in [0.717, 1.165) is 24.9 Å². The number of hydrogen-bond acceptors (Lipinski definition) is 3. The molecule has 0 radical (unpaired) electrons. The molecule has 1 amide bonds. The number of primary sulfonamides is 1. The quantitative estimate of drug-likeness (QED) is 0.912. The monoisotopic (exact) mass is 296 g/mol. The summed E-state index contributed by atoms with van der Waals surface area (Å²) in [5, 5.41) is 5.19. The van der Waals surface area contributed by atoms with Gasteiger partial charge in [0.2, 0.25) is 10.0 Å². The van der Waals surface area contributed by atoms with Crippen molar-refractivity contribution in [3.63, 3.8) is 0 Å². The lowest BCUT2D eigenvalue weighted by atomic mass is 10.0. The molecular formula is C14H20N2O3S. The third-order valence-electron chi connectivity index (χ3n) is 3.63. The Labute approximate surface area is 119 Å². The van der Waals surface area contributed by atoms with Crippen molar-refractivity contribution in [2.24, 2.45) is 11.1 Å². The van der Waals surface area contributed by atoms with Gasteiger partial charge in [-0.25, -0.2) is 13.6 Å². The number of benzene rings is 1. The minimum Gasteiger partial charge on any atom is -0.341 e. The average Bonchev–Trinajstić information content (AvgIpc) is 3.10. The molecule has 1 aromatic carbocycles. The van der Waals surface area contributed by atoms with Crippen molar-refractivity contribution < 1.29 is 13.2 Å². The number of nitrogens with zero attached hydrogens (tertiary/aromatic N) is 1. The maximum Gasteiger partial charge on any atom is 0.253 e. The van der Waals surface area contributed by atoms with Crippen LogP contribution in [-0.4, -0.2) is 32.8 Å². The summed E-state index contributed by atoms with van der Waals surface area (Å²) in [5.41, 5.74) is 1.73. The van der Waals surface area contributed by atoms with Gasteiger partial charge in [0.1, 0.15) is 0 Å². The van der Waals surface area contributed by atoms with Crippen LogP contribution in [0, 0.1) is 19.8 Å². The highest BCUT2D eigenvalue weighted by Gasteiger charge is 2.26. The molecule has 2 rings (SSSR count). The first-order valence-corrected chi connectivity index (χ1v) is 8.14. The highest BCUT2D eigenvalue weighted by Crippen LogP contribution is 2.30. The van der Waals surface area contributed by atoms with Crippen LogP contribution in [0.3, 0.4) is 0 Å².